The first kappa shape index (κ1) is 65.1. The average Bonchev–Trinajstić information content (AvgIpc) is 3.33. The third kappa shape index (κ3) is 53.3. The van der Waals surface area contributed by atoms with Gasteiger partial charge in [-0.15, -0.1) is 0 Å². The van der Waals surface area contributed by atoms with Gasteiger partial charge in [-0.2, -0.15) is 0 Å². The number of aliphatic hydroxyl groups is 2. The predicted octanol–water partition coefficient (Wildman–Crippen LogP) is 18.4. The maximum atomic E-state index is 12.5. The fraction of sp³-hybridized carbons (Fsp3) is 0.869. The van der Waals surface area contributed by atoms with Crippen LogP contribution in [0.5, 0.6) is 0 Å². The van der Waals surface area contributed by atoms with Gasteiger partial charge in [-0.05, 0) is 83.5 Å². The first-order chi connectivity index (χ1) is 33.0. The zero-order valence-electron chi connectivity index (χ0n) is 44.9. The quantitative estimate of drug-likeness (QED) is 0.0321. The van der Waals surface area contributed by atoms with Gasteiger partial charge in [0.15, 0.2) is 0 Å². The summed E-state index contributed by atoms with van der Waals surface area (Å²) in [5.41, 5.74) is 0. The summed E-state index contributed by atoms with van der Waals surface area (Å²) in [6.45, 7) is 4.86. The van der Waals surface area contributed by atoms with Crippen LogP contribution in [-0.4, -0.2) is 47.4 Å². The Morgan fingerprint density at radius 1 is 0.403 bits per heavy atom. The number of nitrogens with one attached hydrogen (secondary N) is 1. The molecular formula is C61H115NO5. The van der Waals surface area contributed by atoms with Crippen molar-refractivity contribution in [1.82, 2.24) is 5.32 Å². The highest BCUT2D eigenvalue weighted by Gasteiger charge is 2.18. The van der Waals surface area contributed by atoms with Crippen molar-refractivity contribution in [2.75, 3.05) is 13.2 Å². The standard InChI is InChI=1S/C61H115NO5/c1-3-5-7-9-11-13-15-17-19-20-21-22-23-24-25-26-27-29-33-37-41-45-49-53-59(64)58(57-63)62-60(65)54-50-46-42-38-34-30-28-32-36-40-44-48-52-56-67-61(66)55-51-47-43-39-35-31-18-16-14-12-10-8-6-4-2/h16,18,30,34,49,53,58-59,63-64H,3-15,17,19-29,31-33,35-48,50-52,54-57H2,1-2H3,(H,62,65)/b18-16-,34-30-,53-49+. The molecule has 0 aliphatic rings. The molecule has 6 heteroatoms. The first-order valence-electron chi connectivity index (χ1n) is 29.8. The number of esters is 1. The van der Waals surface area contributed by atoms with Crippen molar-refractivity contribution >= 4 is 11.9 Å². The molecule has 0 spiro atoms. The van der Waals surface area contributed by atoms with Crippen molar-refractivity contribution < 1.29 is 24.5 Å². The Morgan fingerprint density at radius 3 is 1.07 bits per heavy atom. The van der Waals surface area contributed by atoms with Crippen molar-refractivity contribution in [3.63, 3.8) is 0 Å². The molecule has 0 aromatic rings. The van der Waals surface area contributed by atoms with Gasteiger partial charge < -0.3 is 20.3 Å². The van der Waals surface area contributed by atoms with Crippen LogP contribution in [0.3, 0.4) is 0 Å². The fourth-order valence-corrected chi connectivity index (χ4v) is 9.03. The zero-order chi connectivity index (χ0) is 48.6. The van der Waals surface area contributed by atoms with Gasteiger partial charge in [0.25, 0.3) is 0 Å². The summed E-state index contributed by atoms with van der Waals surface area (Å²) in [6, 6.07) is -0.650. The molecule has 0 fully saturated rings. The second kappa shape index (κ2) is 56.7. The summed E-state index contributed by atoms with van der Waals surface area (Å²) in [4.78, 5) is 24.5. The van der Waals surface area contributed by atoms with Gasteiger partial charge in [-0.3, -0.25) is 9.59 Å². The Hall–Kier alpha value is -1.92. The molecule has 3 N–H and O–H groups in total. The largest absolute Gasteiger partial charge is 0.466 e. The molecular weight excluding hydrogens is 827 g/mol. The van der Waals surface area contributed by atoms with Crippen LogP contribution in [0.1, 0.15) is 316 Å². The molecule has 6 nitrogen and oxygen atoms in total. The Morgan fingerprint density at radius 2 is 0.701 bits per heavy atom. The van der Waals surface area contributed by atoms with E-state index in [1.807, 2.05) is 6.08 Å². The number of amides is 1. The predicted molar refractivity (Wildman–Crippen MR) is 292 cm³/mol. The van der Waals surface area contributed by atoms with Crippen LogP contribution in [0.4, 0.5) is 0 Å². The van der Waals surface area contributed by atoms with Crippen LogP contribution in [0, 0.1) is 0 Å². The van der Waals surface area contributed by atoms with E-state index in [0.717, 1.165) is 70.6 Å². The van der Waals surface area contributed by atoms with E-state index in [1.54, 1.807) is 6.08 Å². The van der Waals surface area contributed by atoms with E-state index in [0.29, 0.717) is 19.4 Å². The minimum Gasteiger partial charge on any atom is -0.466 e. The van der Waals surface area contributed by atoms with Gasteiger partial charge in [-0.25, -0.2) is 0 Å². The molecule has 0 aliphatic heterocycles. The molecule has 67 heavy (non-hydrogen) atoms. The minimum atomic E-state index is -0.863. The first-order valence-corrected chi connectivity index (χ1v) is 29.8. The highest BCUT2D eigenvalue weighted by molar-refractivity contribution is 5.76. The van der Waals surface area contributed by atoms with Gasteiger partial charge in [0, 0.05) is 12.8 Å². The van der Waals surface area contributed by atoms with Gasteiger partial charge in [0.1, 0.15) is 0 Å². The molecule has 0 saturated heterocycles. The van der Waals surface area contributed by atoms with E-state index < -0.39 is 12.1 Å². The van der Waals surface area contributed by atoms with Crippen molar-refractivity contribution in [3.05, 3.63) is 36.5 Å². The molecule has 0 saturated carbocycles. The lowest BCUT2D eigenvalue weighted by molar-refractivity contribution is -0.143. The minimum absolute atomic E-state index is 0.0223. The van der Waals surface area contributed by atoms with Crippen molar-refractivity contribution in [1.29, 1.82) is 0 Å². The average molecular weight is 943 g/mol. The Bertz CT molecular complexity index is 1090. The van der Waals surface area contributed by atoms with Crippen LogP contribution in [0.2, 0.25) is 0 Å². The molecule has 394 valence electrons. The number of allylic oxidation sites excluding steroid dienone is 5. The highest BCUT2D eigenvalue weighted by Crippen LogP contribution is 2.17. The smallest absolute Gasteiger partial charge is 0.305 e. The number of carbonyl (C=O) groups excluding carboxylic acids is 2. The lowest BCUT2D eigenvalue weighted by atomic mass is 10.0. The lowest BCUT2D eigenvalue weighted by Gasteiger charge is -2.19. The second-order valence-electron chi connectivity index (χ2n) is 20.3. The van der Waals surface area contributed by atoms with Crippen LogP contribution in [0.25, 0.3) is 0 Å². The molecule has 0 aromatic heterocycles. The van der Waals surface area contributed by atoms with E-state index in [-0.39, 0.29) is 18.5 Å². The van der Waals surface area contributed by atoms with Crippen molar-refractivity contribution in [2.45, 2.75) is 328 Å². The number of rotatable bonds is 55. The molecule has 0 radical (unpaired) electrons. The number of hydrogen-bond acceptors (Lipinski definition) is 5. The van der Waals surface area contributed by atoms with E-state index in [2.05, 4.69) is 43.5 Å². The Labute approximate surface area is 417 Å². The van der Waals surface area contributed by atoms with Gasteiger partial charge in [0.05, 0.1) is 25.4 Å². The Kier molecular flexibility index (Phi) is 55.0. The number of hydrogen-bond donors (Lipinski definition) is 3. The van der Waals surface area contributed by atoms with Crippen molar-refractivity contribution in [2.24, 2.45) is 0 Å². The summed E-state index contributed by atoms with van der Waals surface area (Å²) >= 11 is 0. The van der Waals surface area contributed by atoms with Crippen LogP contribution in [-0.2, 0) is 14.3 Å². The molecule has 0 aliphatic carbocycles. The van der Waals surface area contributed by atoms with Crippen molar-refractivity contribution in [3.8, 4) is 0 Å². The summed E-state index contributed by atoms with van der Waals surface area (Å²) in [5.74, 6) is -0.118. The third-order valence-corrected chi connectivity index (χ3v) is 13.6. The van der Waals surface area contributed by atoms with Crippen LogP contribution < -0.4 is 5.32 Å². The third-order valence-electron chi connectivity index (χ3n) is 13.6. The van der Waals surface area contributed by atoms with E-state index in [1.165, 1.54) is 218 Å². The normalized spacial score (nSPS) is 12.8. The summed E-state index contributed by atoms with van der Waals surface area (Å²) in [7, 11) is 0. The zero-order valence-corrected chi connectivity index (χ0v) is 44.9. The molecule has 0 aromatic carbocycles. The molecule has 2 unspecified atom stereocenters. The second-order valence-corrected chi connectivity index (χ2v) is 20.3. The maximum absolute atomic E-state index is 12.5. The lowest BCUT2D eigenvalue weighted by Crippen LogP contribution is -2.45. The van der Waals surface area contributed by atoms with Gasteiger partial charge >= 0.3 is 5.97 Å². The number of ether oxygens (including phenoxy) is 1. The summed E-state index contributed by atoms with van der Waals surface area (Å²) in [5, 5.41) is 23.2. The SMILES string of the molecule is CCCCCCC/C=C\CCCCCCCC(=O)OCCCCCCCC/C=C\CCCCCC(=O)NC(CO)C(O)/C=C/CCCCCCCCCCCCCCCCCCCCCCC. The topological polar surface area (TPSA) is 95.9 Å². The molecule has 1 amide bonds. The Balaban J connectivity index is 3.53. The monoisotopic (exact) mass is 942 g/mol. The molecule has 2 atom stereocenters. The number of unbranched alkanes of at least 4 members (excludes halogenated alkanes) is 40. The van der Waals surface area contributed by atoms with E-state index in [9.17, 15) is 19.8 Å². The molecule has 0 rings (SSSR count). The van der Waals surface area contributed by atoms with E-state index >= 15 is 0 Å². The summed E-state index contributed by atoms with van der Waals surface area (Å²) < 4.78 is 5.45. The molecule has 0 heterocycles. The van der Waals surface area contributed by atoms with Gasteiger partial charge in [-0.1, -0.05) is 256 Å². The van der Waals surface area contributed by atoms with Crippen LogP contribution >= 0.6 is 0 Å². The fourth-order valence-electron chi connectivity index (χ4n) is 9.03. The maximum Gasteiger partial charge on any atom is 0.305 e. The van der Waals surface area contributed by atoms with Crippen LogP contribution in [0.15, 0.2) is 36.5 Å². The highest BCUT2D eigenvalue weighted by atomic mass is 16.5. The summed E-state index contributed by atoms with van der Waals surface area (Å²) in [6.07, 6.45) is 70.3. The number of carbonyl (C=O) groups is 2. The number of aliphatic hydroxyl groups excluding tert-OH is 2. The van der Waals surface area contributed by atoms with E-state index in [4.69, 9.17) is 4.74 Å². The van der Waals surface area contributed by atoms with Gasteiger partial charge in [0.2, 0.25) is 5.91 Å². The molecule has 0 bridgehead atoms.